The van der Waals surface area contributed by atoms with Crippen molar-refractivity contribution in [2.75, 3.05) is 0 Å². The van der Waals surface area contributed by atoms with E-state index in [0.717, 1.165) is 68.3 Å². The first kappa shape index (κ1) is 32.1. The average Bonchev–Trinajstić information content (AvgIpc) is 3.95. The van der Waals surface area contributed by atoms with Crippen LogP contribution in [-0.4, -0.2) is 19.5 Å². The van der Waals surface area contributed by atoms with Crippen LogP contribution in [0.2, 0.25) is 0 Å². The molecule has 6 heteroatoms. The Bertz CT molecular complexity index is 3410. The van der Waals surface area contributed by atoms with Gasteiger partial charge in [0.05, 0.1) is 11.0 Å². The molecule has 0 saturated carbocycles. The first-order valence-electron chi connectivity index (χ1n) is 19.3. The number of nitrogens with zero attached hydrogens (tertiary/aromatic N) is 4. The Labute approximate surface area is 331 Å². The lowest BCUT2D eigenvalue weighted by Crippen LogP contribution is -2.00. The van der Waals surface area contributed by atoms with Crippen molar-refractivity contribution in [2.24, 2.45) is 0 Å². The number of hydrogen-bond acceptors (Lipinski definition) is 5. The maximum Gasteiger partial charge on any atom is 0.164 e. The number of furan rings is 1. The molecule has 1 aliphatic rings. The predicted molar refractivity (Wildman–Crippen MR) is 236 cm³/mol. The van der Waals surface area contributed by atoms with Gasteiger partial charge < -0.3 is 8.98 Å². The van der Waals surface area contributed by atoms with E-state index in [1.807, 2.05) is 29.5 Å². The molecule has 0 spiro atoms. The third kappa shape index (κ3) is 5.18. The van der Waals surface area contributed by atoms with Crippen LogP contribution >= 0.6 is 11.3 Å². The van der Waals surface area contributed by atoms with Crippen molar-refractivity contribution >= 4 is 71.2 Å². The van der Waals surface area contributed by atoms with Crippen molar-refractivity contribution in [1.29, 1.82) is 0 Å². The molecule has 4 aromatic heterocycles. The summed E-state index contributed by atoms with van der Waals surface area (Å²) in [6.07, 6.45) is 6.68. The van der Waals surface area contributed by atoms with E-state index in [1.165, 1.54) is 42.3 Å². The summed E-state index contributed by atoms with van der Waals surface area (Å²) in [6.45, 7) is 0. The van der Waals surface area contributed by atoms with E-state index in [1.54, 1.807) is 0 Å². The monoisotopic (exact) mass is 748 g/mol. The van der Waals surface area contributed by atoms with Crippen LogP contribution in [-0.2, 0) is 6.42 Å². The maximum absolute atomic E-state index is 6.54. The molecule has 1 aliphatic carbocycles. The summed E-state index contributed by atoms with van der Waals surface area (Å²) in [6, 6.07) is 55.5. The fourth-order valence-corrected chi connectivity index (χ4v) is 9.86. The van der Waals surface area contributed by atoms with Gasteiger partial charge in [-0.15, -0.1) is 11.3 Å². The average molecular weight is 749 g/mol. The Morgan fingerprint density at radius 2 is 1.23 bits per heavy atom. The molecule has 0 atom stereocenters. The number of benzene rings is 7. The number of aromatic nitrogens is 4. The Morgan fingerprint density at radius 1 is 0.509 bits per heavy atom. The summed E-state index contributed by atoms with van der Waals surface area (Å²) in [5, 5.41) is 5.81. The highest BCUT2D eigenvalue weighted by Crippen LogP contribution is 2.42. The summed E-state index contributed by atoms with van der Waals surface area (Å²) in [4.78, 5) is 16.8. The zero-order chi connectivity index (χ0) is 37.5. The van der Waals surface area contributed by atoms with Crippen LogP contribution in [0.1, 0.15) is 16.9 Å². The topological polar surface area (TPSA) is 56.7 Å². The second kappa shape index (κ2) is 12.7. The largest absolute Gasteiger partial charge is 0.456 e. The molecule has 0 bridgehead atoms. The standard InChI is InChI=1S/C51H32N4OS/c1-3-12-31(13-4-1)49-52-50(54-51(53-49)39-18-11-21-47-48(39)38-17-8-10-20-46(38)57-47)34-22-25-37-41-29-33(24-27-44(41)56-45(37)30-34)32-23-26-43-40(28-32)36-16-7-9-19-42(36)55(43)35-14-5-2-6-15-35/h1-9,11-19,21-30H,10,20H2. The van der Waals surface area contributed by atoms with Gasteiger partial charge in [-0.05, 0) is 90.2 Å². The first-order valence-corrected chi connectivity index (χ1v) is 20.1. The molecule has 0 saturated heterocycles. The fourth-order valence-electron chi connectivity index (χ4n) is 8.63. The molecule has 12 rings (SSSR count). The molecule has 11 aromatic rings. The van der Waals surface area contributed by atoms with Crippen LogP contribution < -0.4 is 0 Å². The SMILES string of the molecule is C1=Cc2c(sc3cccc(-c4nc(-c5ccccc5)nc(-c5ccc6c(c5)oc5ccc(-c7ccc8c(c7)c7ccccc7n8-c7ccccc7)cc56)n4)c23)CC1. The minimum atomic E-state index is 0.613. The Kier molecular flexibility index (Phi) is 7.16. The van der Waals surface area contributed by atoms with Gasteiger partial charge in [0, 0.05) is 58.9 Å². The van der Waals surface area contributed by atoms with Crippen LogP contribution in [0.3, 0.4) is 0 Å². The van der Waals surface area contributed by atoms with Crippen LogP contribution in [0.5, 0.6) is 0 Å². The van der Waals surface area contributed by atoms with Crippen LogP contribution in [0, 0.1) is 0 Å². The Morgan fingerprint density at radius 3 is 2.11 bits per heavy atom. The van der Waals surface area contributed by atoms with Gasteiger partial charge in [-0.1, -0.05) is 109 Å². The van der Waals surface area contributed by atoms with E-state index in [2.05, 4.69) is 156 Å². The molecule has 7 aromatic carbocycles. The summed E-state index contributed by atoms with van der Waals surface area (Å²) in [5.41, 5.74) is 11.6. The quantitative estimate of drug-likeness (QED) is 0.176. The van der Waals surface area contributed by atoms with Crippen molar-refractivity contribution < 1.29 is 4.42 Å². The lowest BCUT2D eigenvalue weighted by molar-refractivity contribution is 0.669. The summed E-state index contributed by atoms with van der Waals surface area (Å²) < 4.78 is 10.2. The van der Waals surface area contributed by atoms with E-state index in [9.17, 15) is 0 Å². The van der Waals surface area contributed by atoms with Crippen molar-refractivity contribution in [2.45, 2.75) is 12.8 Å². The number of hydrogen-bond donors (Lipinski definition) is 0. The van der Waals surface area contributed by atoms with Gasteiger partial charge in [0.1, 0.15) is 11.2 Å². The Balaban J connectivity index is 0.976. The Hall–Kier alpha value is -7.15. The van der Waals surface area contributed by atoms with Gasteiger partial charge in [-0.2, -0.15) is 0 Å². The van der Waals surface area contributed by atoms with Gasteiger partial charge in [0.15, 0.2) is 17.5 Å². The van der Waals surface area contributed by atoms with Crippen molar-refractivity contribution in [3.05, 3.63) is 174 Å². The molecule has 4 heterocycles. The third-order valence-corrected chi connectivity index (χ3v) is 12.5. The van der Waals surface area contributed by atoms with E-state index < -0.39 is 0 Å². The lowest BCUT2D eigenvalue weighted by atomic mass is 9.99. The molecular formula is C51H32N4OS. The van der Waals surface area contributed by atoms with Gasteiger partial charge >= 0.3 is 0 Å². The lowest BCUT2D eigenvalue weighted by Gasteiger charge is -2.10. The number of aryl methyl sites for hydroxylation is 1. The molecular weight excluding hydrogens is 717 g/mol. The molecule has 0 radical (unpaired) electrons. The highest BCUT2D eigenvalue weighted by molar-refractivity contribution is 7.19. The normalized spacial score (nSPS) is 12.7. The molecule has 0 N–H and O–H groups in total. The minimum absolute atomic E-state index is 0.613. The first-order chi connectivity index (χ1) is 28.2. The number of allylic oxidation sites excluding steroid dienone is 1. The number of fused-ring (bicyclic) bond motifs is 9. The summed E-state index contributed by atoms with van der Waals surface area (Å²) in [5.74, 6) is 1.93. The fraction of sp³-hybridized carbons (Fsp3) is 0.0392. The van der Waals surface area contributed by atoms with Gasteiger partial charge in [0.25, 0.3) is 0 Å². The minimum Gasteiger partial charge on any atom is -0.456 e. The molecule has 0 amide bonds. The van der Waals surface area contributed by atoms with Crippen molar-refractivity contribution in [3.8, 4) is 51.0 Å². The predicted octanol–water partition coefficient (Wildman–Crippen LogP) is 13.7. The van der Waals surface area contributed by atoms with E-state index in [0.29, 0.717) is 17.5 Å². The summed E-state index contributed by atoms with van der Waals surface area (Å²) in [7, 11) is 0. The van der Waals surface area contributed by atoms with Crippen molar-refractivity contribution in [1.82, 2.24) is 19.5 Å². The van der Waals surface area contributed by atoms with Gasteiger partial charge in [-0.3, -0.25) is 0 Å². The highest BCUT2D eigenvalue weighted by atomic mass is 32.1. The number of thiophene rings is 1. The second-order valence-corrected chi connectivity index (χ2v) is 15.8. The zero-order valence-electron chi connectivity index (χ0n) is 30.7. The molecule has 0 unspecified atom stereocenters. The van der Waals surface area contributed by atoms with E-state index in [-0.39, 0.29) is 0 Å². The number of para-hydroxylation sites is 2. The smallest absolute Gasteiger partial charge is 0.164 e. The molecule has 0 aliphatic heterocycles. The number of rotatable bonds is 5. The maximum atomic E-state index is 6.54. The van der Waals surface area contributed by atoms with Crippen molar-refractivity contribution in [3.63, 3.8) is 0 Å². The van der Waals surface area contributed by atoms with E-state index >= 15 is 0 Å². The van der Waals surface area contributed by atoms with E-state index in [4.69, 9.17) is 19.4 Å². The zero-order valence-corrected chi connectivity index (χ0v) is 31.5. The summed E-state index contributed by atoms with van der Waals surface area (Å²) >= 11 is 1.88. The molecule has 5 nitrogen and oxygen atoms in total. The molecule has 57 heavy (non-hydrogen) atoms. The van der Waals surface area contributed by atoms with Crippen LogP contribution in [0.15, 0.2) is 168 Å². The molecule has 268 valence electrons. The second-order valence-electron chi connectivity index (χ2n) is 14.7. The highest BCUT2D eigenvalue weighted by Gasteiger charge is 2.21. The van der Waals surface area contributed by atoms with Gasteiger partial charge in [-0.25, -0.2) is 15.0 Å². The third-order valence-electron chi connectivity index (χ3n) is 11.3. The van der Waals surface area contributed by atoms with Crippen LogP contribution in [0.25, 0.3) is 111 Å². The van der Waals surface area contributed by atoms with Gasteiger partial charge in [0.2, 0.25) is 0 Å². The molecule has 0 fully saturated rings. The van der Waals surface area contributed by atoms with Crippen LogP contribution in [0.4, 0.5) is 0 Å².